The van der Waals surface area contributed by atoms with E-state index in [1.807, 2.05) is 0 Å². The second-order valence-corrected chi connectivity index (χ2v) is 4.24. The Bertz CT molecular complexity index is 414. The van der Waals surface area contributed by atoms with Crippen molar-refractivity contribution in [1.29, 1.82) is 0 Å². The highest BCUT2D eigenvalue weighted by Gasteiger charge is 2.15. The highest BCUT2D eigenvalue weighted by molar-refractivity contribution is 5.90. The first-order valence-electron chi connectivity index (χ1n) is 5.84. The molecule has 0 bridgehead atoms. The minimum Gasteiger partial charge on any atom is -0.465 e. The molecule has 0 radical (unpaired) electrons. The standard InChI is InChI=1S/C13H16FNO2/c1-17-13(16)10-7-11(14)9-12(8-10)15-5-3-2-4-6-15/h7-9H,2-6H2,1H3. The molecule has 1 heterocycles. The van der Waals surface area contributed by atoms with Gasteiger partial charge in [-0.15, -0.1) is 0 Å². The lowest BCUT2D eigenvalue weighted by Gasteiger charge is -2.29. The van der Waals surface area contributed by atoms with Crippen molar-refractivity contribution in [2.24, 2.45) is 0 Å². The molecule has 1 aliphatic heterocycles. The predicted molar refractivity (Wildman–Crippen MR) is 63.8 cm³/mol. The molecule has 1 aliphatic rings. The van der Waals surface area contributed by atoms with Crippen LogP contribution >= 0.6 is 0 Å². The number of hydrogen-bond acceptors (Lipinski definition) is 3. The number of esters is 1. The van der Waals surface area contributed by atoms with Gasteiger partial charge >= 0.3 is 5.97 Å². The molecular weight excluding hydrogens is 221 g/mol. The summed E-state index contributed by atoms with van der Waals surface area (Å²) in [5.41, 5.74) is 1.04. The van der Waals surface area contributed by atoms with Crippen LogP contribution in [0.1, 0.15) is 29.6 Å². The van der Waals surface area contributed by atoms with E-state index in [1.54, 1.807) is 6.07 Å². The molecule has 0 aromatic heterocycles. The van der Waals surface area contributed by atoms with Gasteiger partial charge in [0.2, 0.25) is 0 Å². The summed E-state index contributed by atoms with van der Waals surface area (Å²) in [4.78, 5) is 13.5. The Morgan fingerprint density at radius 2 is 1.94 bits per heavy atom. The molecule has 4 heteroatoms. The van der Waals surface area contributed by atoms with Crippen molar-refractivity contribution in [1.82, 2.24) is 0 Å². The average molecular weight is 237 g/mol. The van der Waals surface area contributed by atoms with Crippen molar-refractivity contribution in [2.45, 2.75) is 19.3 Å². The van der Waals surface area contributed by atoms with Crippen LogP contribution in [0.4, 0.5) is 10.1 Å². The van der Waals surface area contributed by atoms with Crippen LogP contribution in [0.5, 0.6) is 0 Å². The van der Waals surface area contributed by atoms with E-state index >= 15 is 0 Å². The lowest BCUT2D eigenvalue weighted by atomic mass is 10.1. The van der Waals surface area contributed by atoms with E-state index in [9.17, 15) is 9.18 Å². The number of piperidine rings is 1. The van der Waals surface area contributed by atoms with Crippen LogP contribution in [-0.4, -0.2) is 26.2 Å². The second-order valence-electron chi connectivity index (χ2n) is 4.24. The van der Waals surface area contributed by atoms with Crippen LogP contribution in [0.25, 0.3) is 0 Å². The predicted octanol–water partition coefficient (Wildman–Crippen LogP) is 2.60. The lowest BCUT2D eigenvalue weighted by Crippen LogP contribution is -2.29. The van der Waals surface area contributed by atoms with Crippen LogP contribution in [0.15, 0.2) is 18.2 Å². The number of carbonyl (C=O) groups excluding carboxylic acids is 1. The van der Waals surface area contributed by atoms with Crippen LogP contribution in [-0.2, 0) is 4.74 Å². The SMILES string of the molecule is COC(=O)c1cc(F)cc(N2CCCCC2)c1. The average Bonchev–Trinajstić information content (AvgIpc) is 2.38. The highest BCUT2D eigenvalue weighted by atomic mass is 19.1. The molecule has 2 rings (SSSR count). The zero-order chi connectivity index (χ0) is 12.3. The van der Waals surface area contributed by atoms with Gasteiger partial charge in [0.25, 0.3) is 0 Å². The van der Waals surface area contributed by atoms with Gasteiger partial charge < -0.3 is 9.64 Å². The number of benzene rings is 1. The van der Waals surface area contributed by atoms with Crippen LogP contribution in [0.2, 0.25) is 0 Å². The Morgan fingerprint density at radius 3 is 2.59 bits per heavy atom. The van der Waals surface area contributed by atoms with Crippen LogP contribution in [0.3, 0.4) is 0 Å². The summed E-state index contributed by atoms with van der Waals surface area (Å²) in [5.74, 6) is -0.892. The molecule has 1 aromatic carbocycles. The topological polar surface area (TPSA) is 29.5 Å². The van der Waals surface area contributed by atoms with Gasteiger partial charge in [-0.2, -0.15) is 0 Å². The first-order chi connectivity index (χ1) is 8.20. The second kappa shape index (κ2) is 5.17. The number of ether oxygens (including phenoxy) is 1. The molecule has 0 aliphatic carbocycles. The minimum absolute atomic E-state index is 0.271. The number of halogens is 1. The van der Waals surface area contributed by atoms with Gasteiger partial charge in [-0.1, -0.05) is 0 Å². The first-order valence-corrected chi connectivity index (χ1v) is 5.84. The smallest absolute Gasteiger partial charge is 0.338 e. The van der Waals surface area contributed by atoms with Crippen molar-refractivity contribution in [2.75, 3.05) is 25.1 Å². The van der Waals surface area contributed by atoms with E-state index in [4.69, 9.17) is 0 Å². The summed E-state index contributed by atoms with van der Waals surface area (Å²) in [6, 6.07) is 4.37. The molecule has 17 heavy (non-hydrogen) atoms. The van der Waals surface area contributed by atoms with Gasteiger partial charge in [0, 0.05) is 18.8 Å². The lowest BCUT2D eigenvalue weighted by molar-refractivity contribution is 0.0600. The van der Waals surface area contributed by atoms with E-state index in [1.165, 1.54) is 25.7 Å². The molecular formula is C13H16FNO2. The summed E-state index contributed by atoms with van der Waals surface area (Å²) in [7, 11) is 1.30. The van der Waals surface area contributed by atoms with E-state index in [0.29, 0.717) is 0 Å². The highest BCUT2D eigenvalue weighted by Crippen LogP contribution is 2.22. The fraction of sp³-hybridized carbons (Fsp3) is 0.462. The van der Waals surface area contributed by atoms with Crippen molar-refractivity contribution in [3.05, 3.63) is 29.6 Å². The summed E-state index contributed by atoms with van der Waals surface area (Å²) in [5, 5.41) is 0. The van der Waals surface area contributed by atoms with E-state index in [-0.39, 0.29) is 5.56 Å². The molecule has 1 saturated heterocycles. The van der Waals surface area contributed by atoms with Gasteiger partial charge in [-0.3, -0.25) is 0 Å². The minimum atomic E-state index is -0.497. The van der Waals surface area contributed by atoms with Gasteiger partial charge in [0.1, 0.15) is 5.82 Å². The third-order valence-electron chi connectivity index (χ3n) is 3.02. The molecule has 1 aromatic rings. The maximum atomic E-state index is 13.4. The number of carbonyl (C=O) groups is 1. The fourth-order valence-electron chi connectivity index (χ4n) is 2.14. The Hall–Kier alpha value is -1.58. The maximum absolute atomic E-state index is 13.4. The molecule has 0 spiro atoms. The number of hydrogen-bond donors (Lipinski definition) is 0. The van der Waals surface area contributed by atoms with Crippen molar-refractivity contribution >= 4 is 11.7 Å². The zero-order valence-electron chi connectivity index (χ0n) is 9.91. The third kappa shape index (κ3) is 2.75. The quantitative estimate of drug-likeness (QED) is 0.740. The summed E-state index contributed by atoms with van der Waals surface area (Å²) >= 11 is 0. The maximum Gasteiger partial charge on any atom is 0.338 e. The Labute approximate surface area is 100 Å². The molecule has 1 fully saturated rings. The molecule has 0 saturated carbocycles. The van der Waals surface area contributed by atoms with Crippen LogP contribution in [0, 0.1) is 5.82 Å². The summed E-state index contributed by atoms with van der Waals surface area (Å²) < 4.78 is 18.1. The zero-order valence-corrected chi connectivity index (χ0v) is 9.91. The molecule has 92 valence electrons. The normalized spacial score (nSPS) is 15.8. The van der Waals surface area contributed by atoms with Gasteiger partial charge in [-0.25, -0.2) is 9.18 Å². The number of nitrogens with zero attached hydrogens (tertiary/aromatic N) is 1. The van der Waals surface area contributed by atoms with Crippen molar-refractivity contribution < 1.29 is 13.9 Å². The van der Waals surface area contributed by atoms with Crippen molar-refractivity contribution in [3.8, 4) is 0 Å². The molecule has 0 N–H and O–H groups in total. The van der Waals surface area contributed by atoms with Gasteiger partial charge in [0.05, 0.1) is 12.7 Å². The van der Waals surface area contributed by atoms with Gasteiger partial charge in [-0.05, 0) is 37.5 Å². The molecule has 0 atom stereocenters. The van der Waals surface area contributed by atoms with E-state index in [0.717, 1.165) is 31.6 Å². The number of anilines is 1. The third-order valence-corrected chi connectivity index (χ3v) is 3.02. The summed E-state index contributed by atoms with van der Waals surface area (Å²) in [6.45, 7) is 1.84. The Balaban J connectivity index is 2.27. The van der Waals surface area contributed by atoms with Gasteiger partial charge in [0.15, 0.2) is 0 Å². The van der Waals surface area contributed by atoms with E-state index < -0.39 is 11.8 Å². The Kier molecular flexibility index (Phi) is 3.61. The largest absolute Gasteiger partial charge is 0.465 e. The number of rotatable bonds is 2. The van der Waals surface area contributed by atoms with Crippen molar-refractivity contribution in [3.63, 3.8) is 0 Å². The monoisotopic (exact) mass is 237 g/mol. The summed E-state index contributed by atoms with van der Waals surface area (Å²) in [6.07, 6.45) is 3.45. The first kappa shape index (κ1) is 11.9. The molecule has 0 amide bonds. The molecule has 0 unspecified atom stereocenters. The van der Waals surface area contributed by atoms with Crippen LogP contribution < -0.4 is 4.90 Å². The number of methoxy groups -OCH3 is 1. The molecule has 3 nitrogen and oxygen atoms in total. The fourth-order valence-corrected chi connectivity index (χ4v) is 2.14. The van der Waals surface area contributed by atoms with E-state index in [2.05, 4.69) is 9.64 Å². The Morgan fingerprint density at radius 1 is 1.24 bits per heavy atom.